The number of H-pyrrole nitrogens is 1. The van der Waals surface area contributed by atoms with Gasteiger partial charge in [0.25, 0.3) is 0 Å². The van der Waals surface area contributed by atoms with Crippen LogP contribution in [0.15, 0.2) is 58.2 Å². The molecule has 0 radical (unpaired) electrons. The normalized spacial score (nSPS) is 12.4. The van der Waals surface area contributed by atoms with Crippen LogP contribution >= 0.6 is 22.6 Å². The molecule has 6 heterocycles. The second-order valence-corrected chi connectivity index (χ2v) is 11.0. The number of hydrogen-bond donors (Lipinski definition) is 1. The molecule has 10 heteroatoms. The van der Waals surface area contributed by atoms with E-state index in [1.165, 1.54) is 11.1 Å². The summed E-state index contributed by atoms with van der Waals surface area (Å²) in [7, 11) is 0. The number of aromatic nitrogens is 7. The van der Waals surface area contributed by atoms with Gasteiger partial charge in [0.15, 0.2) is 0 Å². The highest BCUT2D eigenvalue weighted by Gasteiger charge is 2.21. The van der Waals surface area contributed by atoms with E-state index in [1.54, 1.807) is 0 Å². The van der Waals surface area contributed by atoms with Gasteiger partial charge < -0.3 is 14.0 Å². The first-order valence-corrected chi connectivity index (χ1v) is 14.1. The molecule has 0 amide bonds. The maximum atomic E-state index is 5.27. The van der Waals surface area contributed by atoms with Crippen molar-refractivity contribution in [2.75, 3.05) is 0 Å². The van der Waals surface area contributed by atoms with Crippen molar-refractivity contribution in [1.29, 1.82) is 0 Å². The average Bonchev–Trinajstić information content (AvgIpc) is 3.77. The van der Waals surface area contributed by atoms with Crippen molar-refractivity contribution in [2.24, 2.45) is 0 Å². The SMILES string of the molecule is CCn1cc(C2=CCc3cc(-c4c(C)noc4C)cnc32)cn1.Cc1noc(C)c1-c1cnc2c(I)c[nH]c2c1. The average molecular weight is 646 g/mol. The number of nitrogens with one attached hydrogen (secondary N) is 1. The van der Waals surface area contributed by atoms with Gasteiger partial charge in [-0.25, -0.2) is 0 Å². The summed E-state index contributed by atoms with van der Waals surface area (Å²) >= 11 is 2.27. The second kappa shape index (κ2) is 10.5. The van der Waals surface area contributed by atoms with Crippen molar-refractivity contribution in [1.82, 2.24) is 35.0 Å². The predicted octanol–water partition coefficient (Wildman–Crippen LogP) is 7.00. The van der Waals surface area contributed by atoms with Gasteiger partial charge in [-0.05, 0) is 81.3 Å². The molecule has 0 atom stereocenters. The highest BCUT2D eigenvalue weighted by atomic mass is 127. The molecule has 6 aromatic heterocycles. The molecule has 1 N–H and O–H groups in total. The van der Waals surface area contributed by atoms with Crippen molar-refractivity contribution < 1.29 is 9.05 Å². The number of rotatable bonds is 4. The van der Waals surface area contributed by atoms with Crippen molar-refractivity contribution in [3.63, 3.8) is 0 Å². The Morgan fingerprint density at radius 2 is 1.57 bits per heavy atom. The molecule has 0 unspecified atom stereocenters. The van der Waals surface area contributed by atoms with Gasteiger partial charge in [-0.15, -0.1) is 0 Å². The lowest BCUT2D eigenvalue weighted by Gasteiger charge is -2.06. The molecule has 0 aliphatic heterocycles. The van der Waals surface area contributed by atoms with E-state index < -0.39 is 0 Å². The van der Waals surface area contributed by atoms with Crippen LogP contribution in [0, 0.1) is 31.3 Å². The van der Waals surface area contributed by atoms with Crippen molar-refractivity contribution in [3.8, 4) is 22.3 Å². The number of aromatic amines is 1. The number of aryl methyl sites for hydroxylation is 5. The lowest BCUT2D eigenvalue weighted by atomic mass is 10.0. The van der Waals surface area contributed by atoms with Crippen LogP contribution in [0.4, 0.5) is 0 Å². The Morgan fingerprint density at radius 3 is 2.20 bits per heavy atom. The van der Waals surface area contributed by atoms with Crippen molar-refractivity contribution >= 4 is 39.2 Å². The summed E-state index contributed by atoms with van der Waals surface area (Å²) in [5.74, 6) is 1.66. The van der Waals surface area contributed by atoms with Crippen LogP contribution < -0.4 is 0 Å². The van der Waals surface area contributed by atoms with E-state index >= 15 is 0 Å². The minimum Gasteiger partial charge on any atom is -0.361 e. The lowest BCUT2D eigenvalue weighted by Crippen LogP contribution is -1.94. The zero-order chi connectivity index (χ0) is 28.0. The molecule has 1 aliphatic carbocycles. The van der Waals surface area contributed by atoms with Crippen LogP contribution in [0.3, 0.4) is 0 Å². The molecule has 7 rings (SSSR count). The third-order valence-electron chi connectivity index (χ3n) is 7.13. The minimum atomic E-state index is 0.824. The van der Waals surface area contributed by atoms with E-state index in [0.29, 0.717) is 0 Å². The Balaban J connectivity index is 0.000000151. The van der Waals surface area contributed by atoms with Crippen LogP contribution in [-0.4, -0.2) is 35.0 Å². The highest BCUT2D eigenvalue weighted by molar-refractivity contribution is 14.1. The molecule has 0 bridgehead atoms. The van der Waals surface area contributed by atoms with Crippen LogP contribution in [-0.2, 0) is 13.0 Å². The van der Waals surface area contributed by atoms with Crippen LogP contribution in [0.5, 0.6) is 0 Å². The lowest BCUT2D eigenvalue weighted by molar-refractivity contribution is 0.393. The first-order chi connectivity index (χ1) is 19.3. The molecular formula is C30H28IN7O2. The molecule has 6 aromatic rings. The number of halogens is 1. The molecule has 0 saturated heterocycles. The predicted molar refractivity (Wildman–Crippen MR) is 162 cm³/mol. The fraction of sp³-hybridized carbons (Fsp3) is 0.233. The van der Waals surface area contributed by atoms with Gasteiger partial charge in [-0.2, -0.15) is 5.10 Å². The number of nitrogens with zero attached hydrogens (tertiary/aromatic N) is 6. The fourth-order valence-electron chi connectivity index (χ4n) is 5.19. The summed E-state index contributed by atoms with van der Waals surface area (Å²) in [4.78, 5) is 12.4. The molecule has 0 fully saturated rings. The third-order valence-corrected chi connectivity index (χ3v) is 7.95. The molecule has 0 aromatic carbocycles. The molecule has 202 valence electrons. The van der Waals surface area contributed by atoms with Gasteiger partial charge in [0.2, 0.25) is 0 Å². The monoisotopic (exact) mass is 645 g/mol. The first-order valence-electron chi connectivity index (χ1n) is 13.1. The van der Waals surface area contributed by atoms with Gasteiger partial charge in [-0.1, -0.05) is 16.4 Å². The first kappa shape index (κ1) is 26.2. The Labute approximate surface area is 244 Å². The van der Waals surface area contributed by atoms with E-state index in [1.807, 2.05) is 57.2 Å². The van der Waals surface area contributed by atoms with E-state index in [0.717, 1.165) is 84.0 Å². The van der Waals surface area contributed by atoms with Gasteiger partial charge >= 0.3 is 0 Å². The summed E-state index contributed by atoms with van der Waals surface area (Å²) < 4.78 is 13.5. The smallest absolute Gasteiger partial charge is 0.141 e. The molecule has 1 aliphatic rings. The Morgan fingerprint density at radius 1 is 0.900 bits per heavy atom. The van der Waals surface area contributed by atoms with Gasteiger partial charge in [0.1, 0.15) is 17.0 Å². The number of allylic oxidation sites excluding steroid dienone is 1. The Bertz CT molecular complexity index is 1850. The zero-order valence-electron chi connectivity index (χ0n) is 22.9. The van der Waals surface area contributed by atoms with Gasteiger partial charge in [0, 0.05) is 64.7 Å². The standard InChI is InChI=1S/C18H18N4O.C12H10IN3O/c1-4-22-10-15(9-20-22)16-6-5-13-7-14(8-19-18(13)16)17-11(2)21-23-12(17)3;1-6-11(7(2)17-16-6)8-3-10-12(15-4-8)9(13)5-14-10/h6-10H,4-5H2,1-3H3;3-5,14H,1-2H3. The van der Waals surface area contributed by atoms with Crippen LogP contribution in [0.1, 0.15) is 46.7 Å². The van der Waals surface area contributed by atoms with E-state index in [4.69, 9.17) is 14.0 Å². The molecule has 0 saturated carbocycles. The molecule has 0 spiro atoms. The quantitative estimate of drug-likeness (QED) is 0.206. The summed E-state index contributed by atoms with van der Waals surface area (Å²) in [6.45, 7) is 10.7. The maximum absolute atomic E-state index is 5.27. The molecule has 9 nitrogen and oxygen atoms in total. The van der Waals surface area contributed by atoms with Gasteiger partial charge in [-0.3, -0.25) is 14.6 Å². The van der Waals surface area contributed by atoms with E-state index in [9.17, 15) is 0 Å². The number of pyridine rings is 2. The Kier molecular flexibility index (Phi) is 6.87. The third kappa shape index (κ3) is 4.66. The fourth-order valence-corrected chi connectivity index (χ4v) is 5.77. The van der Waals surface area contributed by atoms with E-state index in [-0.39, 0.29) is 0 Å². The zero-order valence-corrected chi connectivity index (χ0v) is 25.1. The summed E-state index contributed by atoms with van der Waals surface area (Å²) in [6.07, 6.45) is 12.8. The summed E-state index contributed by atoms with van der Waals surface area (Å²) in [5, 5.41) is 12.4. The highest BCUT2D eigenvalue weighted by Crippen LogP contribution is 2.35. The number of fused-ring (bicyclic) bond motifs is 2. The van der Waals surface area contributed by atoms with Crippen molar-refractivity contribution in [2.45, 2.75) is 47.6 Å². The Hall–Kier alpha value is -4.06. The number of hydrogen-bond acceptors (Lipinski definition) is 7. The summed E-state index contributed by atoms with van der Waals surface area (Å²) in [6, 6.07) is 4.28. The molecular weight excluding hydrogens is 617 g/mol. The minimum absolute atomic E-state index is 0.824. The van der Waals surface area contributed by atoms with Crippen LogP contribution in [0.2, 0.25) is 0 Å². The van der Waals surface area contributed by atoms with Gasteiger partial charge in [0.05, 0.1) is 32.4 Å². The second-order valence-electron chi connectivity index (χ2n) is 9.79. The molecule has 40 heavy (non-hydrogen) atoms. The topological polar surface area (TPSA) is 111 Å². The van der Waals surface area contributed by atoms with Crippen LogP contribution in [0.25, 0.3) is 38.9 Å². The summed E-state index contributed by atoms with van der Waals surface area (Å²) in [5.41, 5.74) is 12.6. The van der Waals surface area contributed by atoms with E-state index in [2.05, 4.69) is 79.3 Å². The maximum Gasteiger partial charge on any atom is 0.141 e. The van der Waals surface area contributed by atoms with Crippen molar-refractivity contribution in [3.05, 3.63) is 92.5 Å². The largest absolute Gasteiger partial charge is 0.361 e.